The molecule has 2 aromatic carbocycles. The second-order valence-corrected chi connectivity index (χ2v) is 10.0. The molecule has 1 aliphatic heterocycles. The van der Waals surface area contributed by atoms with E-state index in [1.165, 1.54) is 12.1 Å². The van der Waals surface area contributed by atoms with Crippen LogP contribution in [0.4, 0.5) is 4.79 Å². The summed E-state index contributed by atoms with van der Waals surface area (Å²) >= 11 is 0.521. The lowest BCUT2D eigenvalue weighted by molar-refractivity contribution is -0.125. The van der Waals surface area contributed by atoms with Gasteiger partial charge in [-0.2, -0.15) is 0 Å². The molecule has 2 amide bonds. The van der Waals surface area contributed by atoms with Crippen LogP contribution in [0.3, 0.4) is 0 Å². The molecule has 160 valence electrons. The predicted octanol–water partition coefficient (Wildman–Crippen LogP) is 3.79. The Morgan fingerprint density at radius 2 is 1.67 bits per heavy atom. The number of carbonyl (C=O) groups excluding carboxylic acids is 2. The van der Waals surface area contributed by atoms with E-state index in [4.69, 9.17) is 9.47 Å². The maximum atomic E-state index is 12.9. The number of sulfone groups is 1. The van der Waals surface area contributed by atoms with Crippen LogP contribution >= 0.6 is 11.8 Å². The van der Waals surface area contributed by atoms with E-state index < -0.39 is 25.6 Å². The third kappa shape index (κ3) is 4.46. The summed E-state index contributed by atoms with van der Waals surface area (Å²) in [6.07, 6.45) is 0. The van der Waals surface area contributed by atoms with E-state index >= 15 is 0 Å². The van der Waals surface area contributed by atoms with E-state index in [9.17, 15) is 18.0 Å². The number of amides is 2. The van der Waals surface area contributed by atoms with Crippen LogP contribution in [0, 0.1) is 6.92 Å². The van der Waals surface area contributed by atoms with Gasteiger partial charge >= 0.3 is 0 Å². The summed E-state index contributed by atoms with van der Waals surface area (Å²) in [5.74, 6) is 0.346. The van der Waals surface area contributed by atoms with Gasteiger partial charge in [0.25, 0.3) is 11.1 Å². The molecule has 1 atom stereocenters. The van der Waals surface area contributed by atoms with E-state index in [1.54, 1.807) is 30.3 Å². The van der Waals surface area contributed by atoms with E-state index in [0.29, 0.717) is 42.0 Å². The zero-order valence-corrected chi connectivity index (χ0v) is 18.6. The van der Waals surface area contributed by atoms with Gasteiger partial charge in [-0.05, 0) is 56.8 Å². The van der Waals surface area contributed by atoms with E-state index in [1.807, 2.05) is 20.8 Å². The van der Waals surface area contributed by atoms with Crippen molar-refractivity contribution in [3.05, 3.63) is 53.6 Å². The van der Waals surface area contributed by atoms with Crippen LogP contribution in [0.1, 0.15) is 25.0 Å². The number of thioether (sulfide) groups is 1. The standard InChI is InChI=1S/C21H23NO6S2/c1-4-27-16-9-8-15(18(12-16)28-5-2)13-22-19(23)20(29-21(22)24)30(25,26)17-10-6-14(3)7-11-17/h6-12,20H,4-5,13H2,1-3H3. The van der Waals surface area contributed by atoms with Crippen molar-refractivity contribution in [2.75, 3.05) is 13.2 Å². The fourth-order valence-electron chi connectivity index (χ4n) is 3.00. The van der Waals surface area contributed by atoms with Crippen LogP contribution in [-0.2, 0) is 21.2 Å². The van der Waals surface area contributed by atoms with Gasteiger partial charge < -0.3 is 9.47 Å². The smallest absolute Gasteiger partial charge is 0.290 e. The molecule has 0 bridgehead atoms. The van der Waals surface area contributed by atoms with Crippen molar-refractivity contribution in [2.24, 2.45) is 0 Å². The maximum Gasteiger partial charge on any atom is 0.290 e. The molecule has 30 heavy (non-hydrogen) atoms. The summed E-state index contributed by atoms with van der Waals surface area (Å²) in [6, 6.07) is 11.3. The second kappa shape index (κ2) is 9.09. The molecule has 7 nitrogen and oxygen atoms in total. The Kier molecular flexibility index (Phi) is 6.72. The summed E-state index contributed by atoms with van der Waals surface area (Å²) in [5, 5.41) is -0.600. The van der Waals surface area contributed by atoms with Crippen LogP contribution < -0.4 is 9.47 Å². The van der Waals surface area contributed by atoms with Crippen LogP contribution in [0.15, 0.2) is 47.4 Å². The van der Waals surface area contributed by atoms with Gasteiger partial charge in [-0.1, -0.05) is 17.7 Å². The fourth-order valence-corrected chi connectivity index (χ4v) is 5.93. The molecule has 9 heteroatoms. The molecular weight excluding hydrogens is 426 g/mol. The largest absolute Gasteiger partial charge is 0.494 e. The van der Waals surface area contributed by atoms with Gasteiger partial charge in [-0.25, -0.2) is 8.42 Å². The van der Waals surface area contributed by atoms with Crippen molar-refractivity contribution in [3.63, 3.8) is 0 Å². The summed E-state index contributed by atoms with van der Waals surface area (Å²) in [7, 11) is -4.00. The van der Waals surface area contributed by atoms with Crippen LogP contribution in [0.5, 0.6) is 11.5 Å². The number of ether oxygens (including phenoxy) is 2. The third-order valence-electron chi connectivity index (χ3n) is 4.51. The minimum Gasteiger partial charge on any atom is -0.494 e. The topological polar surface area (TPSA) is 90.0 Å². The zero-order valence-electron chi connectivity index (χ0n) is 17.0. The van der Waals surface area contributed by atoms with Gasteiger partial charge in [-0.3, -0.25) is 14.5 Å². The molecule has 0 radical (unpaired) electrons. The second-order valence-electron chi connectivity index (χ2n) is 6.63. The highest BCUT2D eigenvalue weighted by Gasteiger charge is 2.48. The monoisotopic (exact) mass is 449 g/mol. The maximum absolute atomic E-state index is 12.9. The SMILES string of the molecule is CCOc1ccc(CN2C(=O)SC(S(=O)(=O)c3ccc(C)cc3)C2=O)c(OCC)c1. The Morgan fingerprint density at radius 3 is 2.30 bits per heavy atom. The molecule has 0 aromatic heterocycles. The van der Waals surface area contributed by atoms with Crippen LogP contribution in [0.2, 0.25) is 0 Å². The molecule has 0 saturated carbocycles. The normalized spacial score (nSPS) is 16.8. The average molecular weight is 450 g/mol. The summed E-state index contributed by atoms with van der Waals surface area (Å²) < 4.78 is 35.4. The van der Waals surface area contributed by atoms with Crippen LogP contribution in [-0.4, -0.2) is 42.3 Å². The quantitative estimate of drug-likeness (QED) is 0.606. The van der Waals surface area contributed by atoms with Crippen molar-refractivity contribution in [3.8, 4) is 11.5 Å². The Labute approximate surface area is 180 Å². The van der Waals surface area contributed by atoms with Crippen molar-refractivity contribution in [1.29, 1.82) is 0 Å². The molecular formula is C21H23NO6S2. The lowest BCUT2D eigenvalue weighted by Gasteiger charge is -2.17. The van der Waals surface area contributed by atoms with Crippen LogP contribution in [0.25, 0.3) is 0 Å². The molecule has 3 rings (SSSR count). The first-order valence-electron chi connectivity index (χ1n) is 9.49. The minimum atomic E-state index is -4.00. The molecule has 1 fully saturated rings. The number of carbonyl (C=O) groups is 2. The average Bonchev–Trinajstić information content (AvgIpc) is 2.99. The van der Waals surface area contributed by atoms with E-state index in [2.05, 4.69) is 0 Å². The first kappa shape index (κ1) is 22.2. The molecule has 1 unspecified atom stereocenters. The molecule has 1 aliphatic rings. The van der Waals surface area contributed by atoms with Gasteiger partial charge in [-0.15, -0.1) is 0 Å². The highest BCUT2D eigenvalue weighted by Crippen LogP contribution is 2.36. The number of hydrogen-bond acceptors (Lipinski definition) is 7. The number of benzene rings is 2. The highest BCUT2D eigenvalue weighted by molar-refractivity contribution is 8.24. The van der Waals surface area contributed by atoms with Crippen molar-refractivity contribution in [2.45, 2.75) is 36.8 Å². The van der Waals surface area contributed by atoms with Gasteiger partial charge in [0.2, 0.25) is 0 Å². The zero-order chi connectivity index (χ0) is 21.9. The molecule has 0 N–H and O–H groups in total. The van der Waals surface area contributed by atoms with E-state index in [0.717, 1.165) is 10.5 Å². The van der Waals surface area contributed by atoms with Crippen molar-refractivity contribution in [1.82, 2.24) is 4.90 Å². The summed E-state index contributed by atoms with van der Waals surface area (Å²) in [4.78, 5) is 26.4. The van der Waals surface area contributed by atoms with Gasteiger partial charge in [0.05, 0.1) is 24.7 Å². The van der Waals surface area contributed by atoms with Crippen molar-refractivity contribution < 1.29 is 27.5 Å². The van der Waals surface area contributed by atoms with Gasteiger partial charge in [0.15, 0.2) is 14.4 Å². The predicted molar refractivity (Wildman–Crippen MR) is 114 cm³/mol. The Hall–Kier alpha value is -2.52. The fraction of sp³-hybridized carbons (Fsp3) is 0.333. The highest BCUT2D eigenvalue weighted by atomic mass is 32.3. The Bertz CT molecular complexity index is 1050. The Morgan fingerprint density at radius 1 is 1.00 bits per heavy atom. The summed E-state index contributed by atoms with van der Waals surface area (Å²) in [5.41, 5.74) is 1.49. The molecule has 0 aliphatic carbocycles. The lowest BCUT2D eigenvalue weighted by atomic mass is 10.1. The van der Waals surface area contributed by atoms with Gasteiger partial charge in [0, 0.05) is 11.6 Å². The number of nitrogens with zero attached hydrogens (tertiary/aromatic N) is 1. The van der Waals surface area contributed by atoms with Gasteiger partial charge in [0.1, 0.15) is 11.5 Å². The number of rotatable bonds is 8. The summed E-state index contributed by atoms with van der Waals surface area (Å²) in [6.45, 7) is 6.33. The number of aryl methyl sites for hydroxylation is 1. The Balaban J connectivity index is 1.86. The lowest BCUT2D eigenvalue weighted by Crippen LogP contribution is -2.34. The first-order chi connectivity index (χ1) is 14.3. The number of hydrogen-bond donors (Lipinski definition) is 0. The van der Waals surface area contributed by atoms with Crippen molar-refractivity contribution >= 4 is 32.7 Å². The molecule has 0 spiro atoms. The third-order valence-corrected chi connectivity index (χ3v) is 8.09. The molecule has 1 heterocycles. The minimum absolute atomic E-state index is 0.0182. The molecule has 2 aromatic rings. The first-order valence-corrected chi connectivity index (χ1v) is 11.9. The molecule has 1 saturated heterocycles. The van der Waals surface area contributed by atoms with E-state index in [-0.39, 0.29) is 11.4 Å². The number of imide groups is 1.